The predicted molar refractivity (Wildman–Crippen MR) is 61.5 cm³/mol. The van der Waals surface area contributed by atoms with Gasteiger partial charge in [-0.05, 0) is 20.3 Å². The molecule has 2 rings (SSSR count). The largest absolute Gasteiger partial charge is 0.385 e. The van der Waals surface area contributed by atoms with Gasteiger partial charge in [-0.25, -0.2) is 0 Å². The van der Waals surface area contributed by atoms with E-state index in [0.717, 1.165) is 6.42 Å². The van der Waals surface area contributed by atoms with Crippen LogP contribution < -0.4 is 5.32 Å². The Balaban J connectivity index is 1.80. The monoisotopic (exact) mass is 243 g/mol. The van der Waals surface area contributed by atoms with Gasteiger partial charge in [0.1, 0.15) is 5.60 Å². The van der Waals surface area contributed by atoms with E-state index in [1.54, 1.807) is 0 Å². The molecule has 2 aliphatic heterocycles. The minimum absolute atomic E-state index is 0.0260. The van der Waals surface area contributed by atoms with Crippen molar-refractivity contribution >= 4 is 5.91 Å². The number of nitrogens with one attached hydrogen (secondary N) is 1. The van der Waals surface area contributed by atoms with Crippen molar-refractivity contribution in [3.8, 4) is 0 Å². The third kappa shape index (κ3) is 2.78. The molecule has 0 aromatic carbocycles. The molecule has 0 aromatic heterocycles. The smallest absolute Gasteiger partial charge is 0.225 e. The quantitative estimate of drug-likeness (QED) is 0.736. The molecule has 0 bridgehead atoms. The zero-order valence-electron chi connectivity index (χ0n) is 10.4. The van der Waals surface area contributed by atoms with E-state index < -0.39 is 5.60 Å². The van der Waals surface area contributed by atoms with E-state index >= 15 is 0 Å². The summed E-state index contributed by atoms with van der Waals surface area (Å²) in [4.78, 5) is 11.9. The number of amides is 1. The Bertz CT molecular complexity index is 296. The Morgan fingerprint density at radius 2 is 2.24 bits per heavy atom. The molecule has 17 heavy (non-hydrogen) atoms. The minimum atomic E-state index is -0.916. The Hall–Kier alpha value is -0.650. The van der Waals surface area contributed by atoms with E-state index in [1.807, 2.05) is 13.8 Å². The van der Waals surface area contributed by atoms with Gasteiger partial charge in [0.05, 0.1) is 24.7 Å². The molecule has 5 heteroatoms. The molecule has 0 spiro atoms. The zero-order chi connectivity index (χ0) is 12.5. The van der Waals surface area contributed by atoms with Gasteiger partial charge in [0.25, 0.3) is 0 Å². The SMILES string of the molecule is CC1CC(C(=O)NCC2(O)CCOC2C)CO1. The summed E-state index contributed by atoms with van der Waals surface area (Å²) in [5.41, 5.74) is -0.916. The average Bonchev–Trinajstić information content (AvgIpc) is 2.84. The van der Waals surface area contributed by atoms with Crippen LogP contribution >= 0.6 is 0 Å². The van der Waals surface area contributed by atoms with Crippen molar-refractivity contribution in [1.82, 2.24) is 5.32 Å². The molecule has 4 unspecified atom stereocenters. The zero-order valence-corrected chi connectivity index (χ0v) is 10.4. The van der Waals surface area contributed by atoms with Gasteiger partial charge in [-0.2, -0.15) is 0 Å². The maximum atomic E-state index is 11.9. The van der Waals surface area contributed by atoms with Crippen LogP contribution in [-0.4, -0.2) is 48.6 Å². The number of aliphatic hydroxyl groups is 1. The highest BCUT2D eigenvalue weighted by Crippen LogP contribution is 2.25. The van der Waals surface area contributed by atoms with Gasteiger partial charge in [0, 0.05) is 19.6 Å². The van der Waals surface area contributed by atoms with Crippen molar-refractivity contribution in [1.29, 1.82) is 0 Å². The molecule has 0 aliphatic carbocycles. The summed E-state index contributed by atoms with van der Waals surface area (Å²) in [7, 11) is 0. The second-order valence-corrected chi connectivity index (χ2v) is 5.16. The lowest BCUT2D eigenvalue weighted by Crippen LogP contribution is -2.48. The first-order chi connectivity index (χ1) is 8.01. The number of ether oxygens (including phenoxy) is 2. The van der Waals surface area contributed by atoms with E-state index in [4.69, 9.17) is 9.47 Å². The Labute approximate surface area is 101 Å². The lowest BCUT2D eigenvalue weighted by atomic mass is 9.96. The Morgan fingerprint density at radius 3 is 2.76 bits per heavy atom. The topological polar surface area (TPSA) is 67.8 Å². The predicted octanol–water partition coefficient (Wildman–Crippen LogP) is 0.0675. The number of hydrogen-bond acceptors (Lipinski definition) is 4. The Kier molecular flexibility index (Phi) is 3.70. The van der Waals surface area contributed by atoms with Gasteiger partial charge < -0.3 is 19.9 Å². The lowest BCUT2D eigenvalue weighted by Gasteiger charge is -2.26. The summed E-state index contributed by atoms with van der Waals surface area (Å²) in [6.45, 7) is 5.10. The third-order valence-electron chi connectivity index (χ3n) is 3.80. The average molecular weight is 243 g/mol. The minimum Gasteiger partial charge on any atom is -0.385 e. The summed E-state index contributed by atoms with van der Waals surface area (Å²) >= 11 is 0. The molecule has 1 amide bonds. The van der Waals surface area contributed by atoms with Crippen molar-refractivity contribution in [2.45, 2.75) is 44.5 Å². The van der Waals surface area contributed by atoms with Crippen LogP contribution in [-0.2, 0) is 14.3 Å². The van der Waals surface area contributed by atoms with Crippen LogP contribution in [0.3, 0.4) is 0 Å². The van der Waals surface area contributed by atoms with Crippen LogP contribution in [0.25, 0.3) is 0 Å². The van der Waals surface area contributed by atoms with Crippen LogP contribution in [0.5, 0.6) is 0 Å². The molecule has 0 radical (unpaired) electrons. The van der Waals surface area contributed by atoms with Gasteiger partial charge in [-0.3, -0.25) is 4.79 Å². The normalized spacial score (nSPS) is 41.7. The van der Waals surface area contributed by atoms with Gasteiger partial charge >= 0.3 is 0 Å². The van der Waals surface area contributed by atoms with Crippen molar-refractivity contribution in [2.24, 2.45) is 5.92 Å². The molecule has 5 nitrogen and oxygen atoms in total. The van der Waals surface area contributed by atoms with Crippen molar-refractivity contribution < 1.29 is 19.4 Å². The van der Waals surface area contributed by atoms with Gasteiger partial charge in [0.2, 0.25) is 5.91 Å². The highest BCUT2D eigenvalue weighted by molar-refractivity contribution is 5.79. The number of carbonyl (C=O) groups excluding carboxylic acids is 1. The van der Waals surface area contributed by atoms with E-state index in [2.05, 4.69) is 5.32 Å². The molecule has 2 saturated heterocycles. The number of hydrogen-bond donors (Lipinski definition) is 2. The van der Waals surface area contributed by atoms with Gasteiger partial charge in [-0.15, -0.1) is 0 Å². The van der Waals surface area contributed by atoms with E-state index in [9.17, 15) is 9.90 Å². The molecule has 98 valence electrons. The molecule has 2 N–H and O–H groups in total. The standard InChI is InChI=1S/C12H21NO4/c1-8-5-10(6-17-8)11(14)13-7-12(15)3-4-16-9(12)2/h8-10,15H,3-7H2,1-2H3,(H,13,14). The van der Waals surface area contributed by atoms with Crippen molar-refractivity contribution in [3.05, 3.63) is 0 Å². The second-order valence-electron chi connectivity index (χ2n) is 5.16. The van der Waals surface area contributed by atoms with E-state index in [-0.39, 0.29) is 30.6 Å². The van der Waals surface area contributed by atoms with E-state index in [0.29, 0.717) is 19.6 Å². The highest BCUT2D eigenvalue weighted by atomic mass is 16.5. The summed E-state index contributed by atoms with van der Waals surface area (Å²) in [5.74, 6) is -0.104. The van der Waals surface area contributed by atoms with Gasteiger partial charge in [-0.1, -0.05) is 0 Å². The molecule has 2 fully saturated rings. The fraction of sp³-hybridized carbons (Fsp3) is 0.917. The molecule has 2 aliphatic rings. The fourth-order valence-electron chi connectivity index (χ4n) is 2.39. The molecule has 4 atom stereocenters. The van der Waals surface area contributed by atoms with Crippen LogP contribution in [0.15, 0.2) is 0 Å². The molecule has 0 aromatic rings. The first-order valence-corrected chi connectivity index (χ1v) is 6.24. The number of rotatable bonds is 3. The molecular formula is C12H21NO4. The second kappa shape index (κ2) is 4.92. The van der Waals surface area contributed by atoms with Crippen molar-refractivity contribution in [3.63, 3.8) is 0 Å². The maximum absolute atomic E-state index is 11.9. The van der Waals surface area contributed by atoms with E-state index in [1.165, 1.54) is 0 Å². The number of carbonyl (C=O) groups is 1. The molecule has 2 heterocycles. The summed E-state index contributed by atoms with van der Waals surface area (Å²) < 4.78 is 10.7. The molecule has 0 saturated carbocycles. The Morgan fingerprint density at radius 1 is 1.47 bits per heavy atom. The van der Waals surface area contributed by atoms with Crippen LogP contribution in [0.4, 0.5) is 0 Å². The third-order valence-corrected chi connectivity index (χ3v) is 3.80. The first-order valence-electron chi connectivity index (χ1n) is 6.24. The lowest BCUT2D eigenvalue weighted by molar-refractivity contribution is -0.126. The van der Waals surface area contributed by atoms with Crippen LogP contribution in [0.2, 0.25) is 0 Å². The van der Waals surface area contributed by atoms with Crippen LogP contribution in [0, 0.1) is 5.92 Å². The first kappa shape index (κ1) is 12.8. The summed E-state index contributed by atoms with van der Waals surface area (Å²) in [6, 6.07) is 0. The molecular weight excluding hydrogens is 222 g/mol. The van der Waals surface area contributed by atoms with Crippen LogP contribution in [0.1, 0.15) is 26.7 Å². The summed E-state index contributed by atoms with van der Waals surface area (Å²) in [6.07, 6.45) is 1.27. The maximum Gasteiger partial charge on any atom is 0.225 e. The highest BCUT2D eigenvalue weighted by Gasteiger charge is 2.40. The fourth-order valence-corrected chi connectivity index (χ4v) is 2.39. The van der Waals surface area contributed by atoms with Crippen molar-refractivity contribution in [2.75, 3.05) is 19.8 Å². The van der Waals surface area contributed by atoms with Gasteiger partial charge in [0.15, 0.2) is 0 Å². The summed E-state index contributed by atoms with van der Waals surface area (Å²) in [5, 5.41) is 13.0.